The van der Waals surface area contributed by atoms with E-state index in [0.29, 0.717) is 0 Å². The number of aromatic nitrogens is 2. The molecule has 3 aromatic rings. The molecule has 3 rings (SSSR count). The summed E-state index contributed by atoms with van der Waals surface area (Å²) in [5.41, 5.74) is 1.13. The molecular formula is C10H6N2S3. The Morgan fingerprint density at radius 3 is 2.27 bits per heavy atom. The van der Waals surface area contributed by atoms with Crippen molar-refractivity contribution in [1.29, 1.82) is 0 Å². The Labute approximate surface area is 99.5 Å². The van der Waals surface area contributed by atoms with Crippen LogP contribution in [0.4, 0.5) is 0 Å². The molecular weight excluding hydrogens is 244 g/mol. The topological polar surface area (TPSA) is 17.8 Å². The number of hydrogen-bond acceptors (Lipinski definition) is 4. The molecule has 0 saturated carbocycles. The van der Waals surface area contributed by atoms with Crippen molar-refractivity contribution in [2.24, 2.45) is 0 Å². The quantitative estimate of drug-likeness (QED) is 0.610. The zero-order valence-electron chi connectivity index (χ0n) is 7.58. The maximum Gasteiger partial charge on any atom is 0.144 e. The van der Waals surface area contributed by atoms with Gasteiger partial charge in [-0.05, 0) is 12.1 Å². The second-order valence-electron chi connectivity index (χ2n) is 3.05. The number of nitrogens with zero attached hydrogens (tertiary/aromatic N) is 2. The van der Waals surface area contributed by atoms with Crippen molar-refractivity contribution in [3.8, 4) is 5.69 Å². The molecule has 0 saturated heterocycles. The zero-order valence-corrected chi connectivity index (χ0v) is 10.0. The molecule has 0 radical (unpaired) electrons. The van der Waals surface area contributed by atoms with E-state index in [4.69, 9.17) is 12.2 Å². The molecule has 0 atom stereocenters. The number of pyridine rings is 1. The summed E-state index contributed by atoms with van der Waals surface area (Å²) < 4.78 is 5.60. The van der Waals surface area contributed by atoms with Crippen LogP contribution in [0.2, 0.25) is 0 Å². The van der Waals surface area contributed by atoms with E-state index < -0.39 is 0 Å². The maximum absolute atomic E-state index is 5.14. The molecule has 0 spiro atoms. The summed E-state index contributed by atoms with van der Waals surface area (Å²) in [6.07, 6.45) is 7.82. The summed E-state index contributed by atoms with van der Waals surface area (Å²) in [5.74, 6) is 0. The normalized spacial score (nSPS) is 10.9. The van der Waals surface area contributed by atoms with E-state index in [1.54, 1.807) is 35.1 Å². The van der Waals surface area contributed by atoms with E-state index >= 15 is 0 Å². The molecule has 0 aliphatic heterocycles. The Morgan fingerprint density at radius 2 is 1.67 bits per heavy atom. The van der Waals surface area contributed by atoms with Gasteiger partial charge in [0.05, 0.1) is 9.40 Å². The van der Waals surface area contributed by atoms with E-state index in [-0.39, 0.29) is 0 Å². The molecule has 0 unspecified atom stereocenters. The predicted octanol–water partition coefficient (Wildman–Crippen LogP) is 3.88. The summed E-state index contributed by atoms with van der Waals surface area (Å²) in [6.45, 7) is 0. The Balaban J connectivity index is 2.20. The first-order chi connectivity index (χ1) is 7.33. The van der Waals surface area contributed by atoms with E-state index in [0.717, 1.165) is 8.82 Å². The average Bonchev–Trinajstić information content (AvgIpc) is 2.76. The van der Waals surface area contributed by atoms with Gasteiger partial charge in [-0.2, -0.15) is 0 Å². The van der Waals surface area contributed by atoms with Crippen molar-refractivity contribution in [2.75, 3.05) is 0 Å². The third-order valence-corrected chi connectivity index (χ3v) is 4.66. The Morgan fingerprint density at radius 1 is 1.07 bits per heavy atom. The molecule has 3 aromatic heterocycles. The van der Waals surface area contributed by atoms with Crippen LogP contribution >= 0.6 is 34.9 Å². The van der Waals surface area contributed by atoms with E-state index in [9.17, 15) is 0 Å². The summed E-state index contributed by atoms with van der Waals surface area (Å²) in [4.78, 5) is 4.00. The standard InChI is InChI=1S/C10H6N2S3/c13-10-14-8-5-12(6-9(8)15-10)7-1-3-11-4-2-7/h1-6H. The Bertz CT molecular complexity index is 613. The van der Waals surface area contributed by atoms with Crippen LogP contribution in [0.5, 0.6) is 0 Å². The van der Waals surface area contributed by atoms with Gasteiger partial charge in [-0.3, -0.25) is 4.98 Å². The van der Waals surface area contributed by atoms with Crippen LogP contribution in [0.1, 0.15) is 0 Å². The summed E-state index contributed by atoms with van der Waals surface area (Å²) >= 11 is 8.47. The molecule has 3 heterocycles. The number of fused-ring (bicyclic) bond motifs is 1. The summed E-state index contributed by atoms with van der Waals surface area (Å²) in [5, 5.41) is 0. The zero-order chi connectivity index (χ0) is 10.3. The Hall–Kier alpha value is -1.04. The fraction of sp³-hybridized carbons (Fsp3) is 0. The van der Waals surface area contributed by atoms with Crippen molar-refractivity contribution in [3.63, 3.8) is 0 Å². The lowest BCUT2D eigenvalue weighted by atomic mass is 10.4. The van der Waals surface area contributed by atoms with Gasteiger partial charge in [0.2, 0.25) is 0 Å². The molecule has 0 aromatic carbocycles. The highest BCUT2D eigenvalue weighted by atomic mass is 32.2. The van der Waals surface area contributed by atoms with Crippen LogP contribution in [0, 0.1) is 3.14 Å². The minimum absolute atomic E-state index is 0.988. The number of rotatable bonds is 1. The first-order valence-electron chi connectivity index (χ1n) is 4.35. The molecule has 0 aliphatic carbocycles. The minimum atomic E-state index is 0.988. The highest BCUT2D eigenvalue weighted by Crippen LogP contribution is 2.29. The van der Waals surface area contributed by atoms with E-state index in [2.05, 4.69) is 21.9 Å². The summed E-state index contributed by atoms with van der Waals surface area (Å²) in [7, 11) is 0. The monoisotopic (exact) mass is 250 g/mol. The molecule has 2 nitrogen and oxygen atoms in total. The van der Waals surface area contributed by atoms with Gasteiger partial charge in [-0.15, -0.1) is 22.7 Å². The van der Waals surface area contributed by atoms with Gasteiger partial charge in [0, 0.05) is 30.5 Å². The third-order valence-electron chi connectivity index (χ3n) is 2.10. The SMILES string of the molecule is S=c1sc2cn(-c3ccncc3)cc2s1. The molecule has 5 heteroatoms. The largest absolute Gasteiger partial charge is 0.321 e. The predicted molar refractivity (Wildman–Crippen MR) is 67.7 cm³/mol. The molecule has 15 heavy (non-hydrogen) atoms. The van der Waals surface area contributed by atoms with Crippen molar-refractivity contribution >= 4 is 44.3 Å². The summed E-state index contributed by atoms with van der Waals surface area (Å²) in [6, 6.07) is 3.98. The molecule has 0 fully saturated rings. The van der Waals surface area contributed by atoms with Gasteiger partial charge in [-0.1, -0.05) is 12.2 Å². The van der Waals surface area contributed by atoms with Gasteiger partial charge < -0.3 is 4.57 Å². The second-order valence-corrected chi connectivity index (χ2v) is 6.34. The Kier molecular flexibility index (Phi) is 2.16. The minimum Gasteiger partial charge on any atom is -0.321 e. The highest BCUT2D eigenvalue weighted by molar-refractivity contribution is 7.77. The first kappa shape index (κ1) is 9.21. The van der Waals surface area contributed by atoms with Gasteiger partial charge in [-0.25, -0.2) is 0 Å². The van der Waals surface area contributed by atoms with Gasteiger partial charge in [0.1, 0.15) is 3.14 Å². The maximum atomic E-state index is 5.14. The van der Waals surface area contributed by atoms with Crippen LogP contribution in [0.3, 0.4) is 0 Å². The molecule has 0 bridgehead atoms. The third kappa shape index (κ3) is 1.62. The number of hydrogen-bond donors (Lipinski definition) is 0. The highest BCUT2D eigenvalue weighted by Gasteiger charge is 2.03. The average molecular weight is 250 g/mol. The van der Waals surface area contributed by atoms with Gasteiger partial charge in [0.15, 0.2) is 0 Å². The fourth-order valence-electron chi connectivity index (χ4n) is 1.44. The fourth-order valence-corrected chi connectivity index (χ4v) is 3.93. The molecule has 74 valence electrons. The smallest absolute Gasteiger partial charge is 0.144 e. The van der Waals surface area contributed by atoms with Crippen molar-refractivity contribution in [1.82, 2.24) is 9.55 Å². The molecule has 0 amide bonds. The van der Waals surface area contributed by atoms with Crippen LogP contribution in [0.15, 0.2) is 36.9 Å². The van der Waals surface area contributed by atoms with Crippen molar-refractivity contribution in [2.45, 2.75) is 0 Å². The van der Waals surface area contributed by atoms with E-state index in [1.807, 2.05) is 12.1 Å². The second kappa shape index (κ2) is 3.52. The lowest BCUT2D eigenvalue weighted by Crippen LogP contribution is -1.88. The van der Waals surface area contributed by atoms with Crippen LogP contribution < -0.4 is 0 Å². The van der Waals surface area contributed by atoms with E-state index in [1.165, 1.54) is 9.40 Å². The van der Waals surface area contributed by atoms with Crippen LogP contribution in [0.25, 0.3) is 15.1 Å². The first-order valence-corrected chi connectivity index (χ1v) is 6.39. The van der Waals surface area contributed by atoms with Crippen LogP contribution in [-0.4, -0.2) is 9.55 Å². The lowest BCUT2D eigenvalue weighted by Gasteiger charge is -1.99. The van der Waals surface area contributed by atoms with Gasteiger partial charge >= 0.3 is 0 Å². The molecule has 0 N–H and O–H groups in total. The van der Waals surface area contributed by atoms with Crippen molar-refractivity contribution in [3.05, 3.63) is 40.1 Å². The lowest BCUT2D eigenvalue weighted by molar-refractivity contribution is 1.08. The van der Waals surface area contributed by atoms with Crippen molar-refractivity contribution < 1.29 is 0 Å². The molecule has 0 aliphatic rings. The van der Waals surface area contributed by atoms with Gasteiger partial charge in [0.25, 0.3) is 0 Å². The van der Waals surface area contributed by atoms with Crippen LogP contribution in [-0.2, 0) is 0 Å².